The number of hydrogen-bond donors (Lipinski definition) is 1. The predicted octanol–water partition coefficient (Wildman–Crippen LogP) is 6.31. The molecule has 0 aliphatic heterocycles. The van der Waals surface area contributed by atoms with E-state index in [2.05, 4.69) is 48.6 Å². The molecular weight excluding hydrogens is 372 g/mol. The Hall–Kier alpha value is -2.63. The maximum atomic E-state index is 12.8. The maximum absolute atomic E-state index is 12.8. The number of thioether (sulfide) groups is 1. The summed E-state index contributed by atoms with van der Waals surface area (Å²) in [5, 5.41) is 6.14. The molecule has 1 aromatic heterocycles. The molecule has 1 aliphatic carbocycles. The number of anilines is 1. The third-order valence-corrected chi connectivity index (χ3v) is 6.64. The van der Waals surface area contributed by atoms with Gasteiger partial charge in [0.15, 0.2) is 5.13 Å². The lowest BCUT2D eigenvalue weighted by Crippen LogP contribution is -2.12. The summed E-state index contributed by atoms with van der Waals surface area (Å²) in [6.07, 6.45) is 0. The zero-order valence-electron chi connectivity index (χ0n) is 14.7. The van der Waals surface area contributed by atoms with Crippen LogP contribution in [0, 0.1) is 0 Å². The first-order chi connectivity index (χ1) is 13.3. The molecule has 132 valence electrons. The van der Waals surface area contributed by atoms with Crippen molar-refractivity contribution in [1.29, 1.82) is 0 Å². The van der Waals surface area contributed by atoms with Crippen LogP contribution >= 0.6 is 23.1 Å². The Morgan fingerprint density at radius 1 is 1.04 bits per heavy atom. The summed E-state index contributed by atoms with van der Waals surface area (Å²) < 4.78 is 0. The minimum atomic E-state index is -0.106. The summed E-state index contributed by atoms with van der Waals surface area (Å²) in [5.41, 5.74) is 4.02. The molecule has 4 aromatic rings. The molecule has 0 bridgehead atoms. The van der Waals surface area contributed by atoms with Crippen LogP contribution in [0.5, 0.6) is 0 Å². The number of thiazole rings is 1. The lowest BCUT2D eigenvalue weighted by molar-refractivity contribution is 0.102. The van der Waals surface area contributed by atoms with E-state index in [0.717, 1.165) is 26.8 Å². The Labute approximate surface area is 165 Å². The molecule has 27 heavy (non-hydrogen) atoms. The van der Waals surface area contributed by atoms with E-state index in [-0.39, 0.29) is 5.91 Å². The van der Waals surface area contributed by atoms with Gasteiger partial charge in [0.1, 0.15) is 0 Å². The highest BCUT2D eigenvalue weighted by Gasteiger charge is 2.26. The maximum Gasteiger partial charge on any atom is 0.258 e. The van der Waals surface area contributed by atoms with Crippen LogP contribution in [-0.4, -0.2) is 16.6 Å². The molecule has 0 unspecified atom stereocenters. The SMILES string of the molecule is CCSc1ccccc1C(=O)Nc1nc2c(s1)-c1cccc3cccc-2c13. The standard InChI is InChI=1S/C22H16N2OS2/c1-2-26-17-12-4-3-9-14(17)21(25)24-22-23-19-15-10-5-7-13-8-6-11-16(18(13)15)20(19)27-22/h3-12H,2H2,1H3,(H,23,24,25). The third kappa shape index (κ3) is 2.66. The van der Waals surface area contributed by atoms with Gasteiger partial charge in [0.05, 0.1) is 16.1 Å². The molecule has 0 saturated carbocycles. The van der Waals surface area contributed by atoms with Gasteiger partial charge in [0, 0.05) is 16.0 Å². The fourth-order valence-electron chi connectivity index (χ4n) is 3.57. The molecule has 5 rings (SSSR count). The molecule has 0 radical (unpaired) electrons. The zero-order valence-corrected chi connectivity index (χ0v) is 16.3. The highest BCUT2D eigenvalue weighted by atomic mass is 32.2. The second-order valence-electron chi connectivity index (χ2n) is 6.29. The summed E-state index contributed by atoms with van der Waals surface area (Å²) in [5.74, 6) is 0.821. The number of benzene rings is 3. The Balaban J connectivity index is 1.51. The quantitative estimate of drug-likeness (QED) is 0.367. The average Bonchev–Trinajstić information content (AvgIpc) is 3.22. The van der Waals surface area contributed by atoms with Gasteiger partial charge >= 0.3 is 0 Å². The van der Waals surface area contributed by atoms with Crippen LogP contribution in [0.1, 0.15) is 17.3 Å². The average molecular weight is 389 g/mol. The molecule has 3 nitrogen and oxygen atoms in total. The van der Waals surface area contributed by atoms with Gasteiger partial charge in [-0.05, 0) is 28.7 Å². The van der Waals surface area contributed by atoms with E-state index < -0.39 is 0 Å². The van der Waals surface area contributed by atoms with Crippen molar-refractivity contribution in [3.05, 3.63) is 66.2 Å². The van der Waals surface area contributed by atoms with Crippen molar-refractivity contribution in [1.82, 2.24) is 4.98 Å². The van der Waals surface area contributed by atoms with Gasteiger partial charge in [0.2, 0.25) is 0 Å². The molecule has 0 atom stereocenters. The number of nitrogens with zero attached hydrogens (tertiary/aromatic N) is 1. The number of carbonyl (C=O) groups is 1. The summed E-state index contributed by atoms with van der Waals surface area (Å²) in [7, 11) is 0. The molecule has 1 amide bonds. The van der Waals surface area contributed by atoms with Gasteiger partial charge in [-0.25, -0.2) is 4.98 Å². The normalized spacial score (nSPS) is 11.6. The number of amides is 1. The highest BCUT2D eigenvalue weighted by molar-refractivity contribution is 7.99. The Morgan fingerprint density at radius 3 is 2.63 bits per heavy atom. The van der Waals surface area contributed by atoms with Crippen molar-refractivity contribution >= 4 is 44.9 Å². The number of rotatable bonds is 4. The Kier molecular flexibility index (Phi) is 3.99. The molecule has 0 spiro atoms. The van der Waals surface area contributed by atoms with Crippen LogP contribution in [0.4, 0.5) is 5.13 Å². The lowest BCUT2D eigenvalue weighted by atomic mass is 10.0. The predicted molar refractivity (Wildman–Crippen MR) is 115 cm³/mol. The third-order valence-electron chi connectivity index (χ3n) is 4.68. The summed E-state index contributed by atoms with van der Waals surface area (Å²) in [6.45, 7) is 2.09. The van der Waals surface area contributed by atoms with Gasteiger partial charge in [-0.1, -0.05) is 66.8 Å². The second kappa shape index (κ2) is 6.51. The second-order valence-corrected chi connectivity index (χ2v) is 8.59. The molecule has 0 fully saturated rings. The fraction of sp³-hybridized carbons (Fsp3) is 0.0909. The first-order valence-electron chi connectivity index (χ1n) is 8.82. The molecule has 3 aromatic carbocycles. The van der Waals surface area contributed by atoms with E-state index in [9.17, 15) is 4.79 Å². The van der Waals surface area contributed by atoms with Crippen LogP contribution in [0.3, 0.4) is 0 Å². The highest BCUT2D eigenvalue weighted by Crippen LogP contribution is 2.50. The largest absolute Gasteiger partial charge is 0.298 e. The van der Waals surface area contributed by atoms with Crippen molar-refractivity contribution in [2.45, 2.75) is 11.8 Å². The Bertz CT molecular complexity index is 1140. The van der Waals surface area contributed by atoms with Crippen molar-refractivity contribution < 1.29 is 4.79 Å². The van der Waals surface area contributed by atoms with E-state index in [1.54, 1.807) is 23.1 Å². The smallest absolute Gasteiger partial charge is 0.258 e. The number of nitrogens with one attached hydrogen (secondary N) is 1. The molecule has 1 N–H and O–H groups in total. The van der Waals surface area contributed by atoms with E-state index in [1.165, 1.54) is 16.3 Å². The van der Waals surface area contributed by atoms with Crippen molar-refractivity contribution in [2.75, 3.05) is 11.1 Å². The van der Waals surface area contributed by atoms with Gasteiger partial charge in [-0.3, -0.25) is 10.1 Å². The van der Waals surface area contributed by atoms with Crippen LogP contribution in [0.25, 0.3) is 32.5 Å². The van der Waals surface area contributed by atoms with Crippen LogP contribution in [0.15, 0.2) is 65.6 Å². The van der Waals surface area contributed by atoms with Crippen molar-refractivity contribution in [3.8, 4) is 21.7 Å². The van der Waals surface area contributed by atoms with Gasteiger partial charge in [-0.15, -0.1) is 11.8 Å². The van der Waals surface area contributed by atoms with Gasteiger partial charge in [0.25, 0.3) is 5.91 Å². The topological polar surface area (TPSA) is 42.0 Å². The summed E-state index contributed by atoms with van der Waals surface area (Å²) in [4.78, 5) is 19.7. The number of aromatic nitrogens is 1. The summed E-state index contributed by atoms with van der Waals surface area (Å²) in [6, 6.07) is 20.3. The van der Waals surface area contributed by atoms with Crippen molar-refractivity contribution in [3.63, 3.8) is 0 Å². The van der Waals surface area contributed by atoms with Crippen LogP contribution in [0.2, 0.25) is 0 Å². The fourth-order valence-corrected chi connectivity index (χ4v) is 5.37. The minimum absolute atomic E-state index is 0.106. The van der Waals surface area contributed by atoms with Crippen LogP contribution in [-0.2, 0) is 0 Å². The van der Waals surface area contributed by atoms with Crippen LogP contribution < -0.4 is 5.32 Å². The first kappa shape index (κ1) is 16.5. The van der Waals surface area contributed by atoms with Gasteiger partial charge in [-0.2, -0.15) is 0 Å². The summed E-state index contributed by atoms with van der Waals surface area (Å²) >= 11 is 3.22. The number of carbonyl (C=O) groups excluding carboxylic acids is 1. The molecule has 1 aliphatic rings. The van der Waals surface area contributed by atoms with Gasteiger partial charge < -0.3 is 0 Å². The molecule has 5 heteroatoms. The van der Waals surface area contributed by atoms with E-state index in [0.29, 0.717) is 10.7 Å². The van der Waals surface area contributed by atoms with E-state index >= 15 is 0 Å². The minimum Gasteiger partial charge on any atom is -0.298 e. The molecular formula is C22H16N2OS2. The van der Waals surface area contributed by atoms with Crippen molar-refractivity contribution in [2.24, 2.45) is 0 Å². The first-order valence-corrected chi connectivity index (χ1v) is 10.6. The Morgan fingerprint density at radius 2 is 1.81 bits per heavy atom. The zero-order chi connectivity index (χ0) is 18.4. The monoisotopic (exact) mass is 388 g/mol. The molecule has 0 saturated heterocycles. The number of hydrogen-bond acceptors (Lipinski definition) is 4. The molecule has 1 heterocycles. The number of fused-ring (bicyclic) bond motifs is 3. The lowest BCUT2D eigenvalue weighted by Gasteiger charge is -2.07. The van der Waals surface area contributed by atoms with E-state index in [4.69, 9.17) is 4.98 Å². The van der Waals surface area contributed by atoms with E-state index in [1.807, 2.05) is 24.3 Å².